The van der Waals surface area contributed by atoms with Crippen LogP contribution in [0.25, 0.3) is 0 Å². The summed E-state index contributed by atoms with van der Waals surface area (Å²) in [4.78, 5) is 16.2. The van der Waals surface area contributed by atoms with E-state index in [1.165, 1.54) is 0 Å². The maximum Gasteiger partial charge on any atom is 0.227 e. The van der Waals surface area contributed by atoms with Gasteiger partial charge in [-0.25, -0.2) is 8.42 Å². The lowest BCUT2D eigenvalue weighted by molar-refractivity contribution is -0.139. The SMILES string of the molecule is Cc1ccc(S(=O)(=O)[C@@H]2CCC[C@H]2C(=O)N(Cc2ccc(Cl)cc2)C2CCC(C#N)CC2)cc1. The third-order valence-electron chi connectivity index (χ3n) is 7.39. The van der Waals surface area contributed by atoms with Gasteiger partial charge in [0, 0.05) is 23.5 Å². The molecule has 0 saturated heterocycles. The molecule has 0 N–H and O–H groups in total. The van der Waals surface area contributed by atoms with Crippen LogP contribution in [0.5, 0.6) is 0 Å². The zero-order valence-corrected chi connectivity index (χ0v) is 21.1. The Kier molecular flexibility index (Phi) is 7.64. The van der Waals surface area contributed by atoms with E-state index in [0.29, 0.717) is 29.3 Å². The van der Waals surface area contributed by atoms with Crippen LogP contribution < -0.4 is 0 Å². The van der Waals surface area contributed by atoms with Gasteiger partial charge in [-0.05, 0) is 75.3 Å². The van der Waals surface area contributed by atoms with Crippen molar-refractivity contribution in [2.45, 2.75) is 74.6 Å². The first-order valence-electron chi connectivity index (χ1n) is 12.0. The second kappa shape index (κ2) is 10.5. The fraction of sp³-hybridized carbons (Fsp3) is 0.481. The highest BCUT2D eigenvalue weighted by molar-refractivity contribution is 7.92. The van der Waals surface area contributed by atoms with Crippen LogP contribution in [0.3, 0.4) is 0 Å². The van der Waals surface area contributed by atoms with Gasteiger partial charge >= 0.3 is 0 Å². The van der Waals surface area contributed by atoms with Crippen molar-refractivity contribution in [1.82, 2.24) is 4.90 Å². The Bertz CT molecular complexity index is 1150. The summed E-state index contributed by atoms with van der Waals surface area (Å²) in [7, 11) is -3.61. The first-order chi connectivity index (χ1) is 16.3. The number of nitrogens with zero attached hydrogens (tertiary/aromatic N) is 2. The quantitative estimate of drug-likeness (QED) is 0.511. The molecule has 5 nitrogen and oxygen atoms in total. The van der Waals surface area contributed by atoms with Gasteiger partial charge in [0.25, 0.3) is 0 Å². The van der Waals surface area contributed by atoms with E-state index in [1.807, 2.05) is 36.1 Å². The van der Waals surface area contributed by atoms with Gasteiger partial charge in [-0.2, -0.15) is 5.26 Å². The molecule has 2 atom stereocenters. The third kappa shape index (κ3) is 5.31. The van der Waals surface area contributed by atoms with E-state index in [0.717, 1.165) is 43.2 Å². The number of sulfone groups is 1. The molecule has 0 bridgehead atoms. The number of halogens is 1. The van der Waals surface area contributed by atoms with Gasteiger partial charge in [0.1, 0.15) is 0 Å². The van der Waals surface area contributed by atoms with Crippen molar-refractivity contribution in [2.75, 3.05) is 0 Å². The highest BCUT2D eigenvalue weighted by atomic mass is 35.5. The molecule has 2 aromatic carbocycles. The van der Waals surface area contributed by atoms with E-state index in [4.69, 9.17) is 11.6 Å². The Hall–Kier alpha value is -2.36. The molecule has 2 fully saturated rings. The summed E-state index contributed by atoms with van der Waals surface area (Å²) < 4.78 is 27.0. The van der Waals surface area contributed by atoms with Gasteiger partial charge in [-0.1, -0.05) is 47.9 Å². The minimum Gasteiger partial charge on any atom is -0.335 e. The van der Waals surface area contributed by atoms with E-state index >= 15 is 0 Å². The predicted molar refractivity (Wildman–Crippen MR) is 133 cm³/mol. The van der Waals surface area contributed by atoms with Crippen LogP contribution in [0.15, 0.2) is 53.4 Å². The molecule has 0 heterocycles. The highest BCUT2D eigenvalue weighted by Crippen LogP contribution is 2.38. The standard InChI is InChI=1S/C27H31ClN2O3S/c1-19-5-15-24(16-6-19)34(32,33)26-4-2-3-25(26)27(31)30(18-21-7-11-22(28)12-8-21)23-13-9-20(17-29)10-14-23/h5-8,11-12,15-16,20,23,25-26H,2-4,9-10,13-14,18H2,1H3/t20?,23?,25-,26-/m1/s1. The predicted octanol–water partition coefficient (Wildman–Crippen LogP) is 5.70. The third-order valence-corrected chi connectivity index (χ3v) is 9.93. The molecule has 7 heteroatoms. The molecule has 2 aliphatic rings. The Balaban J connectivity index is 1.61. The zero-order chi connectivity index (χ0) is 24.3. The molecule has 0 radical (unpaired) electrons. The average Bonchev–Trinajstić information content (AvgIpc) is 3.35. The largest absolute Gasteiger partial charge is 0.335 e. The van der Waals surface area contributed by atoms with Gasteiger partial charge in [-0.15, -0.1) is 0 Å². The van der Waals surface area contributed by atoms with Crippen molar-refractivity contribution < 1.29 is 13.2 Å². The number of amides is 1. The van der Waals surface area contributed by atoms with Crippen LogP contribution in [0, 0.1) is 30.1 Å². The second-order valence-corrected chi connectivity index (χ2v) is 12.3. The van der Waals surface area contributed by atoms with Crippen LogP contribution in [-0.4, -0.2) is 30.5 Å². The maximum atomic E-state index is 14.0. The van der Waals surface area contributed by atoms with Gasteiger partial charge in [-0.3, -0.25) is 4.79 Å². The summed E-state index contributed by atoms with van der Waals surface area (Å²) in [6, 6.07) is 16.7. The minimum absolute atomic E-state index is 0.0103. The van der Waals surface area contributed by atoms with E-state index in [2.05, 4.69) is 6.07 Å². The normalized spacial score (nSPS) is 25.0. The molecule has 180 valence electrons. The number of aryl methyl sites for hydroxylation is 1. The number of carbonyl (C=O) groups excluding carboxylic acids is 1. The molecule has 0 spiro atoms. The number of hydrogen-bond acceptors (Lipinski definition) is 4. The van der Waals surface area contributed by atoms with Crippen molar-refractivity contribution in [3.8, 4) is 6.07 Å². The van der Waals surface area contributed by atoms with E-state index < -0.39 is 21.0 Å². The first kappa shape index (κ1) is 24.8. The monoisotopic (exact) mass is 498 g/mol. The number of benzene rings is 2. The number of carbonyl (C=O) groups is 1. The summed E-state index contributed by atoms with van der Waals surface area (Å²) in [6.07, 6.45) is 4.87. The van der Waals surface area contributed by atoms with Crippen LogP contribution in [-0.2, 0) is 21.2 Å². The molecule has 1 amide bonds. The topological polar surface area (TPSA) is 78.2 Å². The summed E-state index contributed by atoms with van der Waals surface area (Å²) >= 11 is 6.05. The summed E-state index contributed by atoms with van der Waals surface area (Å²) in [5, 5.41) is 9.23. The first-order valence-corrected chi connectivity index (χ1v) is 14.0. The van der Waals surface area contributed by atoms with Gasteiger partial charge < -0.3 is 4.90 Å². The lowest BCUT2D eigenvalue weighted by Gasteiger charge is -2.38. The fourth-order valence-electron chi connectivity index (χ4n) is 5.39. The van der Waals surface area contributed by atoms with Crippen LogP contribution in [0.1, 0.15) is 56.1 Å². The van der Waals surface area contributed by atoms with Crippen molar-refractivity contribution in [1.29, 1.82) is 5.26 Å². The number of rotatable bonds is 6. The van der Waals surface area contributed by atoms with Crippen molar-refractivity contribution in [3.63, 3.8) is 0 Å². The molecular formula is C27H31ClN2O3S. The molecule has 0 aliphatic heterocycles. The fourth-order valence-corrected chi connectivity index (χ4v) is 7.54. The molecule has 0 unspecified atom stereocenters. The van der Waals surface area contributed by atoms with Gasteiger partial charge in [0.2, 0.25) is 5.91 Å². The summed E-state index contributed by atoms with van der Waals surface area (Å²) in [6.45, 7) is 2.35. The molecule has 2 aromatic rings. The molecular weight excluding hydrogens is 468 g/mol. The average molecular weight is 499 g/mol. The summed E-state index contributed by atoms with van der Waals surface area (Å²) in [5.74, 6) is -0.592. The molecule has 34 heavy (non-hydrogen) atoms. The Labute approximate surface area is 207 Å². The maximum absolute atomic E-state index is 14.0. The highest BCUT2D eigenvalue weighted by Gasteiger charge is 2.45. The van der Waals surface area contributed by atoms with E-state index in [1.54, 1.807) is 24.3 Å². The lowest BCUT2D eigenvalue weighted by atomic mass is 9.85. The van der Waals surface area contributed by atoms with E-state index in [-0.39, 0.29) is 17.9 Å². The van der Waals surface area contributed by atoms with Gasteiger partial charge in [0.05, 0.1) is 22.1 Å². The Morgan fingerprint density at radius 1 is 1.00 bits per heavy atom. The molecule has 0 aromatic heterocycles. The van der Waals surface area contributed by atoms with Crippen LogP contribution in [0.2, 0.25) is 5.02 Å². The van der Waals surface area contributed by atoms with Crippen LogP contribution >= 0.6 is 11.6 Å². The Morgan fingerprint density at radius 2 is 1.65 bits per heavy atom. The van der Waals surface area contributed by atoms with E-state index in [9.17, 15) is 18.5 Å². The molecule has 2 saturated carbocycles. The van der Waals surface area contributed by atoms with Crippen LogP contribution in [0.4, 0.5) is 0 Å². The Morgan fingerprint density at radius 3 is 2.26 bits per heavy atom. The summed E-state index contributed by atoms with van der Waals surface area (Å²) in [5.41, 5.74) is 1.97. The van der Waals surface area contributed by atoms with Gasteiger partial charge in [0.15, 0.2) is 9.84 Å². The van der Waals surface area contributed by atoms with Crippen molar-refractivity contribution >= 4 is 27.3 Å². The molecule has 4 rings (SSSR count). The zero-order valence-electron chi connectivity index (χ0n) is 19.5. The smallest absolute Gasteiger partial charge is 0.227 e. The second-order valence-electron chi connectivity index (χ2n) is 9.66. The number of nitriles is 1. The molecule has 2 aliphatic carbocycles. The number of hydrogen-bond donors (Lipinski definition) is 0. The van der Waals surface area contributed by atoms with Crippen molar-refractivity contribution in [3.05, 3.63) is 64.7 Å². The van der Waals surface area contributed by atoms with Crippen molar-refractivity contribution in [2.24, 2.45) is 11.8 Å². The minimum atomic E-state index is -3.61. The lowest BCUT2D eigenvalue weighted by Crippen LogP contribution is -2.47.